The van der Waals surface area contributed by atoms with Crippen LogP contribution in [0.3, 0.4) is 0 Å². The second kappa shape index (κ2) is 9.27. The Morgan fingerprint density at radius 2 is 1.88 bits per heavy atom. The molecule has 7 N–H and O–H groups in total. The van der Waals surface area contributed by atoms with Gasteiger partial charge in [-0.1, -0.05) is 24.3 Å². The number of benzene rings is 1. The number of amidine groups is 1. The molecule has 1 saturated heterocycles. The molecule has 0 spiro atoms. The van der Waals surface area contributed by atoms with E-state index in [0.29, 0.717) is 18.4 Å². The molecule has 26 heavy (non-hydrogen) atoms. The fourth-order valence-electron chi connectivity index (χ4n) is 2.42. The van der Waals surface area contributed by atoms with Crippen molar-refractivity contribution < 1.29 is 23.1 Å². The fraction of sp³-hybridized carbons (Fsp3) is 0.400. The van der Waals surface area contributed by atoms with Crippen molar-refractivity contribution in [3.05, 3.63) is 35.4 Å². The van der Waals surface area contributed by atoms with Crippen LogP contribution in [0.1, 0.15) is 30.9 Å². The number of hydrogen-bond donors (Lipinski definition) is 5. The Morgan fingerprint density at radius 3 is 2.35 bits per heavy atom. The van der Waals surface area contributed by atoms with Gasteiger partial charge in [-0.25, -0.2) is 5.14 Å². The number of carboxylic acid groups (broad SMARTS) is 1. The van der Waals surface area contributed by atoms with Gasteiger partial charge in [-0.3, -0.25) is 15.0 Å². The first-order valence-corrected chi connectivity index (χ1v) is 9.23. The molecule has 0 aliphatic carbocycles. The first kappa shape index (κ1) is 21.5. The van der Waals surface area contributed by atoms with Gasteiger partial charge >= 0.3 is 0 Å². The molecule has 1 aromatic rings. The first-order chi connectivity index (χ1) is 12.0. The number of rotatable bonds is 5. The molecule has 1 aromatic carbocycles. The summed E-state index contributed by atoms with van der Waals surface area (Å²) in [6.07, 6.45) is 1.08. The Hall–Kier alpha value is -2.50. The molecule has 1 fully saturated rings. The lowest BCUT2D eigenvalue weighted by Gasteiger charge is -2.20. The van der Waals surface area contributed by atoms with Crippen molar-refractivity contribution >= 4 is 27.9 Å². The third-order valence-electron chi connectivity index (χ3n) is 3.56. The Labute approximate surface area is 151 Å². The highest BCUT2D eigenvalue weighted by atomic mass is 32.2. The van der Waals surface area contributed by atoms with Crippen LogP contribution in [0.25, 0.3) is 0 Å². The first-order valence-electron chi connectivity index (χ1n) is 7.72. The summed E-state index contributed by atoms with van der Waals surface area (Å²) in [5.41, 5.74) is 6.80. The molecular formula is C15H23N5O5S. The second-order valence-corrected chi connectivity index (χ2v) is 7.16. The van der Waals surface area contributed by atoms with Gasteiger partial charge in [0.1, 0.15) is 11.9 Å². The summed E-state index contributed by atoms with van der Waals surface area (Å²) in [5.74, 6) is -1.22. The van der Waals surface area contributed by atoms with Crippen LogP contribution in [0.5, 0.6) is 0 Å². The van der Waals surface area contributed by atoms with Crippen LogP contribution < -0.4 is 16.2 Å². The Balaban J connectivity index is 0.000000765. The van der Waals surface area contributed by atoms with Crippen LogP contribution in [-0.4, -0.2) is 48.1 Å². The molecule has 0 radical (unpaired) electrons. The van der Waals surface area contributed by atoms with Crippen LogP contribution in [0.2, 0.25) is 0 Å². The maximum atomic E-state index is 12.1. The van der Waals surface area contributed by atoms with Crippen molar-refractivity contribution in [3.8, 4) is 0 Å². The number of amides is 1. The molecule has 10 nitrogen and oxygen atoms in total. The Morgan fingerprint density at radius 1 is 1.35 bits per heavy atom. The Kier molecular flexibility index (Phi) is 7.68. The van der Waals surface area contributed by atoms with Crippen molar-refractivity contribution in [2.24, 2.45) is 10.9 Å². The quantitative estimate of drug-likeness (QED) is 0.331. The van der Waals surface area contributed by atoms with E-state index in [9.17, 15) is 13.2 Å². The zero-order valence-electron chi connectivity index (χ0n) is 14.3. The summed E-state index contributed by atoms with van der Waals surface area (Å²) < 4.78 is 23.9. The molecule has 1 heterocycles. The number of nitrogen functional groups attached to an aromatic ring is 1. The van der Waals surface area contributed by atoms with Gasteiger partial charge in [0.2, 0.25) is 5.91 Å². The lowest BCUT2D eigenvalue weighted by atomic mass is 10.1. The molecule has 1 atom stereocenters. The molecule has 0 aromatic heterocycles. The zero-order chi connectivity index (χ0) is 19.9. The van der Waals surface area contributed by atoms with Crippen LogP contribution in [0.4, 0.5) is 0 Å². The summed E-state index contributed by atoms with van der Waals surface area (Å²) in [6.45, 7) is 1.62. The minimum absolute atomic E-state index is 0.0228. The van der Waals surface area contributed by atoms with Crippen molar-refractivity contribution in [2.75, 3.05) is 6.54 Å². The molecule has 1 aliphatic rings. The van der Waals surface area contributed by atoms with Crippen LogP contribution in [-0.2, 0) is 26.3 Å². The minimum atomic E-state index is -3.86. The molecule has 0 saturated carbocycles. The smallest absolute Gasteiger partial charge is 0.300 e. The number of carbonyl (C=O) groups excluding carboxylic acids is 1. The fourth-order valence-corrected chi connectivity index (χ4v) is 3.36. The second-order valence-electron chi connectivity index (χ2n) is 5.66. The van der Waals surface area contributed by atoms with Gasteiger partial charge in [-0.15, -0.1) is 0 Å². The molecule has 0 unspecified atom stereocenters. The number of aliphatic carboxylic acids is 1. The largest absolute Gasteiger partial charge is 0.481 e. The highest BCUT2D eigenvalue weighted by Crippen LogP contribution is 2.19. The maximum absolute atomic E-state index is 12.1. The standard InChI is InChI=1S/C13H19N5O3S.C2H4O2/c14-12(15)10-5-3-9(4-6-10)8-17-13(19)11-2-1-7-18(11)22(16,20)21;1-2(3)4/h3-6,11H,1-2,7-8H2,(H3,14,15)(H,17,19)(H2,16,20,21);1H3,(H,3,4)/t11-;/m0./s1. The van der Waals surface area contributed by atoms with E-state index in [1.165, 1.54) is 0 Å². The van der Waals surface area contributed by atoms with E-state index in [0.717, 1.165) is 16.8 Å². The zero-order valence-corrected chi connectivity index (χ0v) is 15.1. The Bertz CT molecular complexity index is 759. The van der Waals surface area contributed by atoms with Crippen molar-refractivity contribution in [3.63, 3.8) is 0 Å². The van der Waals surface area contributed by atoms with Gasteiger partial charge in [0, 0.05) is 25.6 Å². The molecule has 11 heteroatoms. The maximum Gasteiger partial charge on any atom is 0.300 e. The average Bonchev–Trinajstić information content (AvgIpc) is 3.02. The molecule has 144 valence electrons. The number of nitrogens with one attached hydrogen (secondary N) is 2. The SMILES string of the molecule is CC(=O)O.N=C(N)c1ccc(CNC(=O)[C@@H]2CCCN2S(N)(=O)=O)cc1. The van der Waals surface area contributed by atoms with Gasteiger partial charge in [0.15, 0.2) is 0 Å². The number of hydrogen-bond acceptors (Lipinski definition) is 5. The van der Waals surface area contributed by atoms with Crippen molar-refractivity contribution in [1.82, 2.24) is 9.62 Å². The highest BCUT2D eigenvalue weighted by Gasteiger charge is 2.36. The van der Waals surface area contributed by atoms with E-state index >= 15 is 0 Å². The molecule has 0 bridgehead atoms. The topological polar surface area (TPSA) is 180 Å². The third-order valence-corrected chi connectivity index (χ3v) is 4.66. The number of nitrogens with two attached hydrogens (primary N) is 2. The van der Waals surface area contributed by atoms with E-state index in [4.69, 9.17) is 26.2 Å². The normalized spacial score (nSPS) is 17.1. The lowest BCUT2D eigenvalue weighted by molar-refractivity contribution is -0.134. The number of carboxylic acids is 1. The summed E-state index contributed by atoms with van der Waals surface area (Å²) in [5, 5.41) is 22.5. The van der Waals surface area contributed by atoms with Crippen molar-refractivity contribution in [2.45, 2.75) is 32.4 Å². The molecule has 2 rings (SSSR count). The van der Waals surface area contributed by atoms with Gasteiger partial charge < -0.3 is 16.2 Å². The van der Waals surface area contributed by atoms with Crippen LogP contribution >= 0.6 is 0 Å². The van der Waals surface area contributed by atoms with E-state index < -0.39 is 22.2 Å². The molecule has 1 aliphatic heterocycles. The number of carbonyl (C=O) groups is 2. The highest BCUT2D eigenvalue weighted by molar-refractivity contribution is 7.86. The van der Waals surface area contributed by atoms with Crippen molar-refractivity contribution in [1.29, 1.82) is 5.41 Å². The van der Waals surface area contributed by atoms with Gasteiger partial charge in [-0.2, -0.15) is 12.7 Å². The average molecular weight is 385 g/mol. The third kappa shape index (κ3) is 6.78. The summed E-state index contributed by atoms with van der Waals surface area (Å²) in [6, 6.07) is 6.14. The number of nitrogens with zero attached hydrogens (tertiary/aromatic N) is 1. The molecule has 1 amide bonds. The molecular weight excluding hydrogens is 362 g/mol. The van der Waals surface area contributed by atoms with E-state index in [2.05, 4.69) is 5.32 Å². The van der Waals surface area contributed by atoms with E-state index in [1.807, 2.05) is 0 Å². The minimum Gasteiger partial charge on any atom is -0.481 e. The van der Waals surface area contributed by atoms with E-state index in [1.54, 1.807) is 24.3 Å². The van der Waals surface area contributed by atoms with E-state index in [-0.39, 0.29) is 24.8 Å². The summed E-state index contributed by atoms with van der Waals surface area (Å²) in [7, 11) is -3.86. The van der Waals surface area contributed by atoms with Gasteiger partial charge in [0.25, 0.3) is 16.2 Å². The summed E-state index contributed by atoms with van der Waals surface area (Å²) in [4.78, 5) is 21.1. The lowest BCUT2D eigenvalue weighted by Crippen LogP contribution is -2.48. The van der Waals surface area contributed by atoms with Crippen LogP contribution in [0, 0.1) is 5.41 Å². The van der Waals surface area contributed by atoms with Gasteiger partial charge in [0.05, 0.1) is 0 Å². The van der Waals surface area contributed by atoms with Gasteiger partial charge in [-0.05, 0) is 18.4 Å². The monoisotopic (exact) mass is 385 g/mol. The summed E-state index contributed by atoms with van der Waals surface area (Å²) >= 11 is 0. The predicted octanol–water partition coefficient (Wildman–Crippen LogP) is -0.654. The predicted molar refractivity (Wildman–Crippen MR) is 95.4 cm³/mol. The van der Waals surface area contributed by atoms with Crippen LogP contribution in [0.15, 0.2) is 24.3 Å².